The highest BCUT2D eigenvalue weighted by atomic mass is 16.2. The maximum absolute atomic E-state index is 12.5. The van der Waals surface area contributed by atoms with Crippen molar-refractivity contribution < 1.29 is 4.79 Å². The molecule has 1 fully saturated rings. The van der Waals surface area contributed by atoms with Crippen LogP contribution in [0.3, 0.4) is 0 Å². The fourth-order valence-corrected chi connectivity index (χ4v) is 3.35. The molecule has 0 aliphatic carbocycles. The van der Waals surface area contributed by atoms with Gasteiger partial charge >= 0.3 is 0 Å². The monoisotopic (exact) mass is 341 g/mol. The van der Waals surface area contributed by atoms with Crippen LogP contribution in [0, 0.1) is 11.3 Å². The van der Waals surface area contributed by atoms with Crippen LogP contribution >= 0.6 is 0 Å². The lowest BCUT2D eigenvalue weighted by Crippen LogP contribution is -2.45. The topological polar surface area (TPSA) is 63.9 Å². The van der Waals surface area contributed by atoms with E-state index in [0.717, 1.165) is 49.3 Å². The van der Waals surface area contributed by atoms with Gasteiger partial charge in [0.25, 0.3) is 0 Å². The minimum absolute atomic E-state index is 0.246. The highest BCUT2D eigenvalue weighted by molar-refractivity contribution is 5.81. The van der Waals surface area contributed by atoms with Gasteiger partial charge in [-0.1, -0.05) is 20.8 Å². The molecule has 3 heterocycles. The van der Waals surface area contributed by atoms with Crippen molar-refractivity contribution in [3.05, 3.63) is 30.5 Å². The molecule has 3 rings (SSSR count). The summed E-state index contributed by atoms with van der Waals surface area (Å²) < 4.78 is 1.76. The van der Waals surface area contributed by atoms with E-state index < -0.39 is 0 Å². The molecule has 1 unspecified atom stereocenters. The second-order valence-corrected chi connectivity index (χ2v) is 8.01. The van der Waals surface area contributed by atoms with E-state index in [9.17, 15) is 4.79 Å². The van der Waals surface area contributed by atoms with Crippen molar-refractivity contribution in [2.24, 2.45) is 18.4 Å². The first kappa shape index (κ1) is 17.6. The zero-order valence-electron chi connectivity index (χ0n) is 15.6. The predicted molar refractivity (Wildman–Crippen MR) is 96.7 cm³/mol. The first-order valence-electron chi connectivity index (χ1n) is 8.92. The number of nitrogens with zero attached hydrogens (tertiary/aromatic N) is 5. The Morgan fingerprint density at radius 1 is 1.24 bits per heavy atom. The molecule has 1 saturated heterocycles. The van der Waals surface area contributed by atoms with Crippen LogP contribution < -0.4 is 0 Å². The highest BCUT2D eigenvalue weighted by Gasteiger charge is 2.31. The molecule has 1 amide bonds. The molecule has 6 heteroatoms. The summed E-state index contributed by atoms with van der Waals surface area (Å²) in [5.74, 6) is 0.703. The van der Waals surface area contributed by atoms with Gasteiger partial charge in [-0.05, 0) is 25.2 Å². The van der Waals surface area contributed by atoms with Crippen molar-refractivity contribution in [3.8, 4) is 11.3 Å². The van der Waals surface area contributed by atoms with Crippen LogP contribution in [0.15, 0.2) is 24.8 Å². The fourth-order valence-electron chi connectivity index (χ4n) is 3.35. The quantitative estimate of drug-likeness (QED) is 0.861. The molecule has 1 aliphatic rings. The molecule has 25 heavy (non-hydrogen) atoms. The van der Waals surface area contributed by atoms with Gasteiger partial charge in [0.1, 0.15) is 0 Å². The molecule has 0 aromatic carbocycles. The summed E-state index contributed by atoms with van der Waals surface area (Å²) in [5.41, 5.74) is 2.49. The van der Waals surface area contributed by atoms with E-state index in [1.807, 2.05) is 51.3 Å². The molecule has 0 N–H and O–H groups in total. The van der Waals surface area contributed by atoms with Gasteiger partial charge < -0.3 is 4.90 Å². The van der Waals surface area contributed by atoms with Crippen molar-refractivity contribution in [3.63, 3.8) is 0 Å². The fraction of sp³-hybridized carbons (Fsp3) is 0.579. The lowest BCUT2D eigenvalue weighted by atomic mass is 9.89. The molecular formula is C19H27N5O. The largest absolute Gasteiger partial charge is 0.342 e. The third-order valence-corrected chi connectivity index (χ3v) is 4.65. The average molecular weight is 341 g/mol. The number of amides is 1. The minimum Gasteiger partial charge on any atom is -0.342 e. The standard InChI is InChI=1S/C19H27N5O/c1-19(2,3)18(25)24-7-5-6-14(12-24)8-16-10-21-17(11-20-16)15-9-22-23(4)13-15/h9-11,13-14H,5-8,12H2,1-4H3. The second-order valence-electron chi connectivity index (χ2n) is 8.01. The van der Waals surface area contributed by atoms with Crippen molar-refractivity contribution in [1.29, 1.82) is 0 Å². The molecule has 0 saturated carbocycles. The van der Waals surface area contributed by atoms with Crippen LogP contribution in [0.1, 0.15) is 39.3 Å². The number of rotatable bonds is 3. The van der Waals surface area contributed by atoms with Crippen LogP contribution in [0.25, 0.3) is 11.3 Å². The lowest BCUT2D eigenvalue weighted by Gasteiger charge is -2.36. The number of piperidine rings is 1. The maximum Gasteiger partial charge on any atom is 0.227 e. The summed E-state index contributed by atoms with van der Waals surface area (Å²) in [6.45, 7) is 7.66. The molecule has 0 spiro atoms. The normalized spacial score (nSPS) is 18.4. The van der Waals surface area contributed by atoms with Crippen LogP contribution in [0.2, 0.25) is 0 Å². The Hall–Kier alpha value is -2.24. The summed E-state index contributed by atoms with van der Waals surface area (Å²) >= 11 is 0. The molecular weight excluding hydrogens is 314 g/mol. The van der Waals surface area contributed by atoms with E-state index in [4.69, 9.17) is 0 Å². The van der Waals surface area contributed by atoms with E-state index >= 15 is 0 Å². The Bertz CT molecular complexity index is 729. The van der Waals surface area contributed by atoms with Gasteiger partial charge in [-0.25, -0.2) is 0 Å². The summed E-state index contributed by atoms with van der Waals surface area (Å²) in [7, 11) is 1.89. The van der Waals surface area contributed by atoms with Crippen molar-refractivity contribution in [2.45, 2.75) is 40.0 Å². The van der Waals surface area contributed by atoms with Crippen LogP contribution in [-0.2, 0) is 18.3 Å². The summed E-state index contributed by atoms with van der Waals surface area (Å²) in [5, 5.41) is 4.17. The maximum atomic E-state index is 12.5. The van der Waals surface area contributed by atoms with Gasteiger partial charge in [-0.15, -0.1) is 0 Å². The van der Waals surface area contributed by atoms with Crippen molar-refractivity contribution in [2.75, 3.05) is 13.1 Å². The Balaban J connectivity index is 1.63. The average Bonchev–Trinajstić information content (AvgIpc) is 3.01. The SMILES string of the molecule is Cn1cc(-c2cnc(CC3CCCN(C(=O)C(C)(C)C)C3)cn2)cn1. The van der Waals surface area contributed by atoms with Gasteiger partial charge in [0.2, 0.25) is 5.91 Å². The zero-order valence-corrected chi connectivity index (χ0v) is 15.6. The first-order valence-corrected chi connectivity index (χ1v) is 8.92. The number of hydrogen-bond donors (Lipinski definition) is 0. The summed E-state index contributed by atoms with van der Waals surface area (Å²) in [6.07, 6.45) is 10.5. The summed E-state index contributed by atoms with van der Waals surface area (Å²) in [4.78, 5) is 23.6. The third kappa shape index (κ3) is 4.24. The highest BCUT2D eigenvalue weighted by Crippen LogP contribution is 2.25. The number of hydrogen-bond acceptors (Lipinski definition) is 4. The van der Waals surface area contributed by atoms with E-state index in [2.05, 4.69) is 15.1 Å². The Kier molecular flexibility index (Phi) is 4.88. The number of likely N-dealkylation sites (tertiary alicyclic amines) is 1. The molecule has 2 aromatic heterocycles. The minimum atomic E-state index is -0.312. The first-order chi connectivity index (χ1) is 11.8. The van der Waals surface area contributed by atoms with Gasteiger partial charge in [0.15, 0.2) is 0 Å². The summed E-state index contributed by atoms with van der Waals surface area (Å²) in [6, 6.07) is 0. The number of carbonyl (C=O) groups excluding carboxylic acids is 1. The third-order valence-electron chi connectivity index (χ3n) is 4.65. The van der Waals surface area contributed by atoms with Crippen LogP contribution in [0.5, 0.6) is 0 Å². The molecule has 134 valence electrons. The Labute approximate surface area is 149 Å². The molecule has 2 aromatic rings. The second kappa shape index (κ2) is 6.94. The van der Waals surface area contributed by atoms with E-state index in [0.29, 0.717) is 5.92 Å². The lowest BCUT2D eigenvalue weighted by molar-refractivity contribution is -0.141. The Morgan fingerprint density at radius 3 is 2.64 bits per heavy atom. The zero-order chi connectivity index (χ0) is 18.0. The number of carbonyl (C=O) groups is 1. The van der Waals surface area contributed by atoms with Crippen LogP contribution in [0.4, 0.5) is 0 Å². The van der Waals surface area contributed by atoms with Gasteiger partial charge in [0, 0.05) is 43.5 Å². The molecule has 1 atom stereocenters. The van der Waals surface area contributed by atoms with E-state index in [-0.39, 0.29) is 11.3 Å². The number of aryl methyl sites for hydroxylation is 1. The molecule has 0 radical (unpaired) electrons. The predicted octanol–water partition coefficient (Wildman–Crippen LogP) is 2.70. The molecule has 1 aliphatic heterocycles. The Morgan fingerprint density at radius 2 is 2.04 bits per heavy atom. The van der Waals surface area contributed by atoms with E-state index in [1.54, 1.807) is 10.9 Å². The smallest absolute Gasteiger partial charge is 0.227 e. The molecule has 6 nitrogen and oxygen atoms in total. The van der Waals surface area contributed by atoms with Crippen molar-refractivity contribution >= 4 is 5.91 Å². The number of aromatic nitrogens is 4. The van der Waals surface area contributed by atoms with Gasteiger partial charge in [-0.3, -0.25) is 19.4 Å². The van der Waals surface area contributed by atoms with Gasteiger partial charge in [-0.2, -0.15) is 5.10 Å². The van der Waals surface area contributed by atoms with E-state index in [1.165, 1.54) is 0 Å². The van der Waals surface area contributed by atoms with Crippen molar-refractivity contribution in [1.82, 2.24) is 24.6 Å². The van der Waals surface area contributed by atoms with Gasteiger partial charge in [0.05, 0.1) is 23.8 Å². The molecule has 0 bridgehead atoms. The van der Waals surface area contributed by atoms with Crippen LogP contribution in [-0.4, -0.2) is 43.6 Å².